The molecule has 3 nitrogen and oxygen atoms in total. The number of carbonyl (C=O) groups is 1. The third kappa shape index (κ3) is 6.49. The van der Waals surface area contributed by atoms with E-state index in [1.54, 1.807) is 0 Å². The summed E-state index contributed by atoms with van der Waals surface area (Å²) in [5.41, 5.74) is 6.58. The number of rotatable bonds is 9. The first-order valence-electron chi connectivity index (χ1n) is 7.82. The standard InChI is InChI=1S/C17H27ClN2O/c1-3-6-14(11-12-19)9-10-17(21)20-13(2)15-7-4-5-8-16(15)18/h4-5,7-8,13-14H,3,6,9-12,19H2,1-2H3,(H,20,21)/t13-,14?/m1/s1. The summed E-state index contributed by atoms with van der Waals surface area (Å²) in [5, 5.41) is 3.71. The number of halogens is 1. The molecule has 1 aromatic carbocycles. The Balaban J connectivity index is 2.44. The summed E-state index contributed by atoms with van der Waals surface area (Å²) in [4.78, 5) is 12.1. The molecule has 0 fully saturated rings. The lowest BCUT2D eigenvalue weighted by Gasteiger charge is -2.18. The topological polar surface area (TPSA) is 55.1 Å². The van der Waals surface area contributed by atoms with Crippen molar-refractivity contribution in [3.8, 4) is 0 Å². The van der Waals surface area contributed by atoms with Gasteiger partial charge in [-0.2, -0.15) is 0 Å². The molecule has 0 bridgehead atoms. The highest BCUT2D eigenvalue weighted by Gasteiger charge is 2.14. The third-order valence-corrected chi connectivity index (χ3v) is 4.14. The van der Waals surface area contributed by atoms with Crippen molar-refractivity contribution in [2.45, 2.75) is 52.0 Å². The third-order valence-electron chi connectivity index (χ3n) is 3.80. The zero-order valence-electron chi connectivity index (χ0n) is 13.1. The Hall–Kier alpha value is -1.06. The fourth-order valence-corrected chi connectivity index (χ4v) is 2.93. The molecule has 1 unspecified atom stereocenters. The molecule has 0 aromatic heterocycles. The molecule has 0 saturated heterocycles. The quantitative estimate of drug-likeness (QED) is 0.722. The predicted molar refractivity (Wildman–Crippen MR) is 89.3 cm³/mol. The van der Waals surface area contributed by atoms with Crippen LogP contribution in [0.4, 0.5) is 0 Å². The van der Waals surface area contributed by atoms with E-state index in [0.717, 1.165) is 31.2 Å². The minimum Gasteiger partial charge on any atom is -0.350 e. The number of carbonyl (C=O) groups excluding carboxylic acids is 1. The van der Waals surface area contributed by atoms with E-state index in [0.29, 0.717) is 23.9 Å². The van der Waals surface area contributed by atoms with Gasteiger partial charge < -0.3 is 11.1 Å². The van der Waals surface area contributed by atoms with Gasteiger partial charge in [0.25, 0.3) is 0 Å². The maximum Gasteiger partial charge on any atom is 0.220 e. The predicted octanol–water partition coefficient (Wildman–Crippen LogP) is 4.06. The molecular formula is C17H27ClN2O. The molecule has 0 aliphatic heterocycles. The first-order chi connectivity index (χ1) is 10.1. The Morgan fingerprint density at radius 1 is 1.29 bits per heavy atom. The molecule has 4 heteroatoms. The first kappa shape index (κ1) is 18.0. The highest BCUT2D eigenvalue weighted by Crippen LogP contribution is 2.22. The lowest BCUT2D eigenvalue weighted by molar-refractivity contribution is -0.122. The SMILES string of the molecule is CCCC(CCN)CCC(=O)N[C@H](C)c1ccccc1Cl. The second-order valence-electron chi connectivity index (χ2n) is 5.58. The van der Waals surface area contributed by atoms with E-state index in [2.05, 4.69) is 12.2 Å². The summed E-state index contributed by atoms with van der Waals surface area (Å²) < 4.78 is 0. The Morgan fingerprint density at radius 3 is 2.62 bits per heavy atom. The lowest BCUT2D eigenvalue weighted by atomic mass is 9.94. The van der Waals surface area contributed by atoms with Gasteiger partial charge in [-0.15, -0.1) is 0 Å². The minimum absolute atomic E-state index is 0.0645. The van der Waals surface area contributed by atoms with Crippen LogP contribution in [0.5, 0.6) is 0 Å². The highest BCUT2D eigenvalue weighted by molar-refractivity contribution is 6.31. The van der Waals surface area contributed by atoms with Crippen LogP contribution in [0.25, 0.3) is 0 Å². The van der Waals surface area contributed by atoms with E-state index < -0.39 is 0 Å². The zero-order valence-corrected chi connectivity index (χ0v) is 13.8. The van der Waals surface area contributed by atoms with E-state index >= 15 is 0 Å². The lowest BCUT2D eigenvalue weighted by Crippen LogP contribution is -2.27. The molecule has 118 valence electrons. The number of hydrogen-bond donors (Lipinski definition) is 2. The van der Waals surface area contributed by atoms with E-state index in [1.165, 1.54) is 0 Å². The van der Waals surface area contributed by atoms with Gasteiger partial charge in [-0.1, -0.05) is 49.6 Å². The van der Waals surface area contributed by atoms with Crippen molar-refractivity contribution in [3.05, 3.63) is 34.9 Å². The average molecular weight is 311 g/mol. The molecule has 0 aliphatic carbocycles. The molecule has 0 heterocycles. The van der Waals surface area contributed by atoms with Crippen LogP contribution in [0.1, 0.15) is 57.6 Å². The molecule has 1 rings (SSSR count). The maximum absolute atomic E-state index is 12.1. The monoisotopic (exact) mass is 310 g/mol. The smallest absolute Gasteiger partial charge is 0.220 e. The van der Waals surface area contributed by atoms with Gasteiger partial charge in [0.1, 0.15) is 0 Å². The molecule has 0 radical (unpaired) electrons. The number of benzene rings is 1. The van der Waals surface area contributed by atoms with Crippen molar-refractivity contribution in [2.24, 2.45) is 11.7 Å². The number of nitrogens with one attached hydrogen (secondary N) is 1. The van der Waals surface area contributed by atoms with Crippen LogP contribution in [0.2, 0.25) is 5.02 Å². The summed E-state index contributed by atoms with van der Waals surface area (Å²) in [6.07, 6.45) is 4.75. The van der Waals surface area contributed by atoms with Gasteiger partial charge in [-0.25, -0.2) is 0 Å². The molecule has 0 aliphatic rings. The Morgan fingerprint density at radius 2 is 2.00 bits per heavy atom. The minimum atomic E-state index is -0.0645. The molecule has 0 spiro atoms. The van der Waals surface area contributed by atoms with Crippen molar-refractivity contribution in [1.29, 1.82) is 0 Å². The Kier molecular flexibility index (Phi) is 8.40. The molecular weight excluding hydrogens is 284 g/mol. The molecule has 3 N–H and O–H groups in total. The van der Waals surface area contributed by atoms with Gasteiger partial charge in [-0.3, -0.25) is 4.79 Å². The summed E-state index contributed by atoms with van der Waals surface area (Å²) in [7, 11) is 0. The van der Waals surface area contributed by atoms with Crippen molar-refractivity contribution >= 4 is 17.5 Å². The molecule has 21 heavy (non-hydrogen) atoms. The van der Waals surface area contributed by atoms with E-state index in [4.69, 9.17) is 17.3 Å². The Labute approximate surface area is 133 Å². The van der Waals surface area contributed by atoms with Crippen molar-refractivity contribution in [1.82, 2.24) is 5.32 Å². The normalized spacial score (nSPS) is 13.7. The van der Waals surface area contributed by atoms with Crippen molar-refractivity contribution in [3.63, 3.8) is 0 Å². The van der Waals surface area contributed by atoms with Crippen molar-refractivity contribution < 1.29 is 4.79 Å². The van der Waals surface area contributed by atoms with Crippen molar-refractivity contribution in [2.75, 3.05) is 6.54 Å². The average Bonchev–Trinajstić information content (AvgIpc) is 2.45. The van der Waals surface area contributed by atoms with Crippen LogP contribution in [0, 0.1) is 5.92 Å². The van der Waals surface area contributed by atoms with E-state index in [1.807, 2.05) is 31.2 Å². The van der Waals surface area contributed by atoms with Gasteiger partial charge in [0, 0.05) is 11.4 Å². The highest BCUT2D eigenvalue weighted by atomic mass is 35.5. The van der Waals surface area contributed by atoms with Crippen LogP contribution < -0.4 is 11.1 Å². The maximum atomic E-state index is 12.1. The second-order valence-corrected chi connectivity index (χ2v) is 5.99. The second kappa shape index (κ2) is 9.80. The Bertz CT molecular complexity index is 431. The van der Waals surface area contributed by atoms with Crippen LogP contribution in [-0.2, 0) is 4.79 Å². The number of hydrogen-bond acceptors (Lipinski definition) is 2. The van der Waals surface area contributed by atoms with Gasteiger partial charge in [0.15, 0.2) is 0 Å². The van der Waals surface area contributed by atoms with Crippen LogP contribution in [-0.4, -0.2) is 12.5 Å². The first-order valence-corrected chi connectivity index (χ1v) is 8.20. The van der Waals surface area contributed by atoms with E-state index in [-0.39, 0.29) is 11.9 Å². The number of nitrogens with two attached hydrogens (primary N) is 1. The summed E-state index contributed by atoms with van der Waals surface area (Å²) in [5.74, 6) is 0.641. The molecule has 2 atom stereocenters. The van der Waals surface area contributed by atoms with Gasteiger partial charge >= 0.3 is 0 Å². The summed E-state index contributed by atoms with van der Waals surface area (Å²) in [6, 6.07) is 7.55. The van der Waals surface area contributed by atoms with Gasteiger partial charge in [-0.05, 0) is 43.9 Å². The molecule has 1 aromatic rings. The molecule has 1 amide bonds. The van der Waals surface area contributed by atoms with Gasteiger partial charge in [0.2, 0.25) is 5.91 Å². The van der Waals surface area contributed by atoms with E-state index in [9.17, 15) is 4.79 Å². The molecule has 0 saturated carbocycles. The summed E-state index contributed by atoms with van der Waals surface area (Å²) in [6.45, 7) is 4.83. The number of amides is 1. The largest absolute Gasteiger partial charge is 0.350 e. The fraction of sp³-hybridized carbons (Fsp3) is 0.588. The fourth-order valence-electron chi connectivity index (χ4n) is 2.63. The van der Waals surface area contributed by atoms with Crippen LogP contribution in [0.15, 0.2) is 24.3 Å². The van der Waals surface area contributed by atoms with Gasteiger partial charge in [0.05, 0.1) is 6.04 Å². The zero-order chi connectivity index (χ0) is 15.7. The summed E-state index contributed by atoms with van der Waals surface area (Å²) >= 11 is 6.15. The van der Waals surface area contributed by atoms with Crippen LogP contribution >= 0.6 is 11.6 Å². The van der Waals surface area contributed by atoms with Crippen LogP contribution in [0.3, 0.4) is 0 Å².